The number of benzene rings is 1. The van der Waals surface area contributed by atoms with Gasteiger partial charge in [-0.05, 0) is 29.8 Å². The fourth-order valence-electron chi connectivity index (χ4n) is 0.900. The van der Waals surface area contributed by atoms with Crippen molar-refractivity contribution < 1.29 is 14.3 Å². The number of carboxylic acids is 1. The molecule has 4 heteroatoms. The summed E-state index contributed by atoms with van der Waals surface area (Å²) in [5.41, 5.74) is 6.04. The van der Waals surface area contributed by atoms with E-state index in [2.05, 4.69) is 0 Å². The van der Waals surface area contributed by atoms with Gasteiger partial charge in [-0.3, -0.25) is 0 Å². The minimum Gasteiger partial charge on any atom is -0.478 e. The molecular weight excluding hydrogens is 173 g/mol. The van der Waals surface area contributed by atoms with E-state index in [4.69, 9.17) is 10.8 Å². The maximum Gasteiger partial charge on any atom is 0.328 e. The molecule has 3 N–H and O–H groups in total. The van der Waals surface area contributed by atoms with Gasteiger partial charge < -0.3 is 10.8 Å². The zero-order valence-corrected chi connectivity index (χ0v) is 6.70. The second-order valence-electron chi connectivity index (χ2n) is 2.49. The molecule has 0 saturated heterocycles. The predicted octanol–water partition coefficient (Wildman–Crippen LogP) is 1.51. The molecule has 1 aromatic carbocycles. The lowest BCUT2D eigenvalue weighted by Crippen LogP contribution is -1.89. The number of anilines is 1. The molecule has 0 spiro atoms. The maximum absolute atomic E-state index is 12.7. The van der Waals surface area contributed by atoms with Crippen molar-refractivity contribution in [2.45, 2.75) is 0 Å². The van der Waals surface area contributed by atoms with Gasteiger partial charge in [-0.25, -0.2) is 9.18 Å². The van der Waals surface area contributed by atoms with Crippen LogP contribution in [0.1, 0.15) is 5.56 Å². The van der Waals surface area contributed by atoms with Crippen molar-refractivity contribution in [1.82, 2.24) is 0 Å². The van der Waals surface area contributed by atoms with Crippen LogP contribution in [0.5, 0.6) is 0 Å². The third kappa shape index (κ3) is 2.94. The lowest BCUT2D eigenvalue weighted by molar-refractivity contribution is -0.131. The van der Waals surface area contributed by atoms with Crippen LogP contribution in [0.4, 0.5) is 10.1 Å². The zero-order valence-electron chi connectivity index (χ0n) is 6.70. The van der Waals surface area contributed by atoms with Crippen LogP contribution in [0.2, 0.25) is 0 Å². The normalized spacial score (nSPS) is 10.5. The van der Waals surface area contributed by atoms with Crippen molar-refractivity contribution in [2.24, 2.45) is 0 Å². The highest BCUT2D eigenvalue weighted by atomic mass is 19.1. The summed E-state index contributed by atoms with van der Waals surface area (Å²) in [7, 11) is 0. The molecule has 0 aliphatic rings. The van der Waals surface area contributed by atoms with Crippen LogP contribution in [0.15, 0.2) is 24.3 Å². The van der Waals surface area contributed by atoms with Crippen LogP contribution >= 0.6 is 0 Å². The van der Waals surface area contributed by atoms with E-state index in [-0.39, 0.29) is 5.69 Å². The second-order valence-corrected chi connectivity index (χ2v) is 2.49. The van der Waals surface area contributed by atoms with Crippen LogP contribution in [-0.4, -0.2) is 11.1 Å². The largest absolute Gasteiger partial charge is 0.478 e. The minimum atomic E-state index is -1.08. The van der Waals surface area contributed by atoms with Gasteiger partial charge in [0.1, 0.15) is 5.82 Å². The Bertz CT molecular complexity index is 340. The van der Waals surface area contributed by atoms with E-state index in [9.17, 15) is 9.18 Å². The predicted molar refractivity (Wildman–Crippen MR) is 47.5 cm³/mol. The number of carbonyl (C=O) groups is 1. The Morgan fingerprint density at radius 2 is 2.15 bits per heavy atom. The fourth-order valence-corrected chi connectivity index (χ4v) is 0.900. The zero-order chi connectivity index (χ0) is 9.84. The van der Waals surface area contributed by atoms with Crippen molar-refractivity contribution in [2.75, 3.05) is 5.73 Å². The molecule has 3 nitrogen and oxygen atoms in total. The van der Waals surface area contributed by atoms with E-state index >= 15 is 0 Å². The Morgan fingerprint density at radius 3 is 2.69 bits per heavy atom. The minimum absolute atomic E-state index is 0.269. The van der Waals surface area contributed by atoms with Gasteiger partial charge in [0.15, 0.2) is 0 Å². The Hall–Kier alpha value is -1.84. The SMILES string of the molecule is Nc1cc(F)cc(C=CC(=O)O)c1. The van der Waals surface area contributed by atoms with Gasteiger partial charge >= 0.3 is 5.97 Å². The van der Waals surface area contributed by atoms with E-state index in [0.717, 1.165) is 12.1 Å². The molecule has 0 unspecified atom stereocenters. The fraction of sp³-hybridized carbons (Fsp3) is 0. The van der Waals surface area contributed by atoms with E-state index in [1.165, 1.54) is 18.2 Å². The number of hydrogen-bond acceptors (Lipinski definition) is 2. The number of carboxylic acid groups (broad SMARTS) is 1. The first-order chi connectivity index (χ1) is 6.08. The average molecular weight is 181 g/mol. The number of halogens is 1. The van der Waals surface area contributed by atoms with Gasteiger partial charge in [0.05, 0.1) is 0 Å². The highest BCUT2D eigenvalue weighted by Crippen LogP contribution is 2.11. The molecule has 0 heterocycles. The van der Waals surface area contributed by atoms with E-state index in [1.807, 2.05) is 0 Å². The van der Waals surface area contributed by atoms with Crippen LogP contribution < -0.4 is 5.73 Å². The summed E-state index contributed by atoms with van der Waals surface area (Å²) in [6.45, 7) is 0. The summed E-state index contributed by atoms with van der Waals surface area (Å²) in [6, 6.07) is 3.86. The van der Waals surface area contributed by atoms with Crippen LogP contribution in [-0.2, 0) is 4.79 Å². The Kier molecular flexibility index (Phi) is 2.64. The Balaban J connectivity index is 2.95. The highest BCUT2D eigenvalue weighted by molar-refractivity contribution is 5.85. The van der Waals surface area contributed by atoms with Gasteiger partial charge in [-0.1, -0.05) is 0 Å². The number of aliphatic carboxylic acids is 1. The molecule has 1 rings (SSSR count). The van der Waals surface area contributed by atoms with Gasteiger partial charge in [-0.15, -0.1) is 0 Å². The van der Waals surface area contributed by atoms with E-state index in [0.29, 0.717) is 5.56 Å². The number of rotatable bonds is 2. The van der Waals surface area contributed by atoms with Gasteiger partial charge in [0.2, 0.25) is 0 Å². The molecule has 1 aromatic rings. The topological polar surface area (TPSA) is 63.3 Å². The standard InChI is InChI=1S/C9H8FNO2/c10-7-3-6(1-2-9(12)13)4-8(11)5-7/h1-5H,11H2,(H,12,13). The quantitative estimate of drug-likeness (QED) is 0.536. The molecule has 0 atom stereocenters. The number of nitrogen functional groups attached to an aromatic ring is 1. The van der Waals surface area contributed by atoms with Crippen molar-refractivity contribution >= 4 is 17.7 Å². The number of nitrogens with two attached hydrogens (primary N) is 1. The molecule has 0 bridgehead atoms. The van der Waals surface area contributed by atoms with Crippen LogP contribution in [0.3, 0.4) is 0 Å². The average Bonchev–Trinajstić information content (AvgIpc) is 1.99. The Labute approximate surface area is 74.3 Å². The van der Waals surface area contributed by atoms with Crippen LogP contribution in [0, 0.1) is 5.82 Å². The lowest BCUT2D eigenvalue weighted by Gasteiger charge is -1.96. The molecule has 0 saturated carbocycles. The lowest BCUT2D eigenvalue weighted by atomic mass is 10.2. The number of hydrogen-bond donors (Lipinski definition) is 2. The summed E-state index contributed by atoms with van der Waals surface area (Å²) in [6.07, 6.45) is 2.20. The first-order valence-electron chi connectivity index (χ1n) is 3.55. The molecule has 0 radical (unpaired) electrons. The Morgan fingerprint density at radius 1 is 1.46 bits per heavy atom. The van der Waals surface area contributed by atoms with E-state index < -0.39 is 11.8 Å². The monoisotopic (exact) mass is 181 g/mol. The van der Waals surface area contributed by atoms with Gasteiger partial charge in [-0.2, -0.15) is 0 Å². The second kappa shape index (κ2) is 3.71. The highest BCUT2D eigenvalue weighted by Gasteiger charge is 1.95. The van der Waals surface area contributed by atoms with Gasteiger partial charge in [0.25, 0.3) is 0 Å². The van der Waals surface area contributed by atoms with Crippen molar-refractivity contribution in [3.63, 3.8) is 0 Å². The van der Waals surface area contributed by atoms with Crippen molar-refractivity contribution in [3.05, 3.63) is 35.7 Å². The summed E-state index contributed by atoms with van der Waals surface area (Å²) in [5, 5.41) is 8.30. The van der Waals surface area contributed by atoms with Gasteiger partial charge in [0, 0.05) is 11.8 Å². The van der Waals surface area contributed by atoms with Crippen LogP contribution in [0.25, 0.3) is 6.08 Å². The first kappa shape index (κ1) is 9.25. The first-order valence-corrected chi connectivity index (χ1v) is 3.55. The molecule has 0 aliphatic carbocycles. The molecule has 0 amide bonds. The molecule has 0 fully saturated rings. The summed E-state index contributed by atoms with van der Waals surface area (Å²) >= 11 is 0. The third-order valence-corrected chi connectivity index (χ3v) is 1.36. The van der Waals surface area contributed by atoms with Crippen molar-refractivity contribution in [3.8, 4) is 0 Å². The summed E-state index contributed by atoms with van der Waals surface area (Å²) in [4.78, 5) is 10.1. The van der Waals surface area contributed by atoms with Crippen molar-refractivity contribution in [1.29, 1.82) is 0 Å². The molecule has 68 valence electrons. The molecule has 0 aliphatic heterocycles. The molecular formula is C9H8FNO2. The van der Waals surface area contributed by atoms with E-state index in [1.54, 1.807) is 0 Å². The maximum atomic E-state index is 12.7. The molecule has 0 aromatic heterocycles. The summed E-state index contributed by atoms with van der Waals surface area (Å²) in [5.74, 6) is -1.56. The molecule has 13 heavy (non-hydrogen) atoms. The third-order valence-electron chi connectivity index (χ3n) is 1.36. The smallest absolute Gasteiger partial charge is 0.328 e. The summed E-state index contributed by atoms with van der Waals surface area (Å²) < 4.78 is 12.7.